The van der Waals surface area contributed by atoms with Crippen LogP contribution in [0.1, 0.15) is 5.56 Å². The minimum atomic E-state index is -0.645. The Balaban J connectivity index is 0.00000361. The van der Waals surface area contributed by atoms with E-state index in [2.05, 4.69) is 15.9 Å². The van der Waals surface area contributed by atoms with E-state index in [4.69, 9.17) is 15.2 Å². The van der Waals surface area contributed by atoms with Gasteiger partial charge in [0.05, 0.1) is 13.7 Å². The van der Waals surface area contributed by atoms with Crippen molar-refractivity contribution in [1.82, 2.24) is 4.90 Å². The first-order valence-corrected chi connectivity index (χ1v) is 6.60. The molecule has 114 valence electrons. The van der Waals surface area contributed by atoms with Gasteiger partial charge in [-0.15, -0.1) is 12.4 Å². The second-order valence-electron chi connectivity index (χ2n) is 4.21. The summed E-state index contributed by atoms with van der Waals surface area (Å²) in [7, 11) is 4.83. The molecule has 5 nitrogen and oxygen atoms in total. The molecule has 7 heteroatoms. The highest BCUT2D eigenvalue weighted by atomic mass is 79.9. The molecule has 1 unspecified atom stereocenters. The number of carbonyl (C=O) groups is 1. The quantitative estimate of drug-likeness (QED) is 0.833. The van der Waals surface area contributed by atoms with Crippen LogP contribution in [-0.2, 0) is 16.1 Å². The van der Waals surface area contributed by atoms with Crippen LogP contribution >= 0.6 is 28.3 Å². The molecule has 1 aromatic carbocycles. The molecule has 0 aliphatic rings. The third-order valence-electron chi connectivity index (χ3n) is 2.69. The molecular formula is C13H20BrClN2O3. The number of carbonyl (C=O) groups excluding carboxylic acids is 1. The average Bonchev–Trinajstić information content (AvgIpc) is 2.38. The molecule has 20 heavy (non-hydrogen) atoms. The number of ether oxygens (including phenoxy) is 2. The summed E-state index contributed by atoms with van der Waals surface area (Å²) >= 11 is 3.40. The van der Waals surface area contributed by atoms with Crippen molar-refractivity contribution in [3.8, 4) is 5.75 Å². The summed E-state index contributed by atoms with van der Waals surface area (Å²) in [4.78, 5) is 13.6. The van der Waals surface area contributed by atoms with Crippen LogP contribution in [0.15, 0.2) is 22.7 Å². The van der Waals surface area contributed by atoms with Crippen LogP contribution < -0.4 is 10.5 Å². The Morgan fingerprint density at radius 1 is 1.45 bits per heavy atom. The summed E-state index contributed by atoms with van der Waals surface area (Å²) in [6.07, 6.45) is 0. The molecule has 0 spiro atoms. The van der Waals surface area contributed by atoms with Crippen LogP contribution in [0.5, 0.6) is 5.75 Å². The number of halogens is 2. The lowest BCUT2D eigenvalue weighted by Gasteiger charge is -2.22. The van der Waals surface area contributed by atoms with Crippen molar-refractivity contribution in [3.05, 3.63) is 28.2 Å². The lowest BCUT2D eigenvalue weighted by atomic mass is 10.2. The van der Waals surface area contributed by atoms with E-state index in [0.29, 0.717) is 6.54 Å². The zero-order valence-corrected chi connectivity index (χ0v) is 14.2. The molecule has 1 aromatic rings. The van der Waals surface area contributed by atoms with Gasteiger partial charge in [0.2, 0.25) is 5.91 Å². The fourth-order valence-electron chi connectivity index (χ4n) is 1.74. The van der Waals surface area contributed by atoms with Gasteiger partial charge in [-0.2, -0.15) is 0 Å². The van der Waals surface area contributed by atoms with Gasteiger partial charge in [0, 0.05) is 30.7 Å². The highest BCUT2D eigenvalue weighted by Gasteiger charge is 2.19. The highest BCUT2D eigenvalue weighted by molar-refractivity contribution is 9.10. The number of methoxy groups -OCH3 is 2. The van der Waals surface area contributed by atoms with Gasteiger partial charge in [0.15, 0.2) is 0 Å². The van der Waals surface area contributed by atoms with Gasteiger partial charge in [-0.25, -0.2) is 0 Å². The van der Waals surface area contributed by atoms with E-state index < -0.39 is 6.04 Å². The van der Waals surface area contributed by atoms with Crippen LogP contribution in [0.3, 0.4) is 0 Å². The minimum Gasteiger partial charge on any atom is -0.496 e. The lowest BCUT2D eigenvalue weighted by molar-refractivity contribution is -0.133. The van der Waals surface area contributed by atoms with E-state index in [0.717, 1.165) is 15.8 Å². The molecule has 1 rings (SSSR count). The Kier molecular flexibility index (Phi) is 8.80. The number of benzene rings is 1. The van der Waals surface area contributed by atoms with Crippen molar-refractivity contribution in [2.75, 3.05) is 27.9 Å². The molecule has 0 saturated carbocycles. The molecule has 0 aliphatic carbocycles. The van der Waals surface area contributed by atoms with Crippen molar-refractivity contribution >= 4 is 34.2 Å². The first-order chi connectivity index (χ1) is 8.99. The van der Waals surface area contributed by atoms with Crippen molar-refractivity contribution in [2.24, 2.45) is 5.73 Å². The van der Waals surface area contributed by atoms with E-state index in [1.54, 1.807) is 19.1 Å². The average molecular weight is 368 g/mol. The van der Waals surface area contributed by atoms with Crippen molar-refractivity contribution < 1.29 is 14.3 Å². The van der Waals surface area contributed by atoms with E-state index in [1.807, 2.05) is 18.2 Å². The smallest absolute Gasteiger partial charge is 0.241 e. The number of hydrogen-bond acceptors (Lipinski definition) is 4. The van der Waals surface area contributed by atoms with Crippen LogP contribution in [-0.4, -0.2) is 44.7 Å². The van der Waals surface area contributed by atoms with Gasteiger partial charge in [-0.3, -0.25) is 4.79 Å². The van der Waals surface area contributed by atoms with Crippen LogP contribution in [0.4, 0.5) is 0 Å². The van der Waals surface area contributed by atoms with Gasteiger partial charge in [-0.1, -0.05) is 15.9 Å². The molecule has 2 N–H and O–H groups in total. The maximum absolute atomic E-state index is 12.0. The monoisotopic (exact) mass is 366 g/mol. The van der Waals surface area contributed by atoms with Gasteiger partial charge < -0.3 is 20.1 Å². The van der Waals surface area contributed by atoms with Crippen molar-refractivity contribution in [3.63, 3.8) is 0 Å². The van der Waals surface area contributed by atoms with Gasteiger partial charge in [-0.05, 0) is 18.2 Å². The normalized spacial score (nSPS) is 11.4. The number of hydrogen-bond donors (Lipinski definition) is 1. The lowest BCUT2D eigenvalue weighted by Crippen LogP contribution is -2.44. The summed E-state index contributed by atoms with van der Waals surface area (Å²) < 4.78 is 11.1. The number of nitrogens with zero attached hydrogens (tertiary/aromatic N) is 1. The van der Waals surface area contributed by atoms with Gasteiger partial charge >= 0.3 is 0 Å². The molecule has 1 atom stereocenters. The Bertz CT molecular complexity index is 446. The number of nitrogens with two attached hydrogens (primary N) is 1. The summed E-state index contributed by atoms with van der Waals surface area (Å²) in [5.74, 6) is 0.576. The van der Waals surface area contributed by atoms with Crippen LogP contribution in [0.2, 0.25) is 0 Å². The molecular weight excluding hydrogens is 348 g/mol. The van der Waals surface area contributed by atoms with E-state index in [-0.39, 0.29) is 24.9 Å². The Morgan fingerprint density at radius 2 is 2.10 bits per heavy atom. The first kappa shape index (κ1) is 19.2. The number of rotatable bonds is 6. The van der Waals surface area contributed by atoms with E-state index in [1.165, 1.54) is 7.11 Å². The SMILES string of the molecule is COCC(N)C(=O)N(C)Cc1cc(Br)ccc1OC.Cl. The second-order valence-corrected chi connectivity index (χ2v) is 5.13. The summed E-state index contributed by atoms with van der Waals surface area (Å²) in [6, 6.07) is 5.02. The fourth-order valence-corrected chi connectivity index (χ4v) is 2.15. The summed E-state index contributed by atoms with van der Waals surface area (Å²) in [6.45, 7) is 0.637. The number of likely N-dealkylation sites (N-methyl/N-ethyl adjacent to an activating group) is 1. The van der Waals surface area contributed by atoms with Crippen LogP contribution in [0, 0.1) is 0 Å². The third kappa shape index (κ3) is 5.28. The molecule has 0 aliphatic heterocycles. The molecule has 0 saturated heterocycles. The number of amides is 1. The maximum Gasteiger partial charge on any atom is 0.241 e. The Morgan fingerprint density at radius 3 is 2.65 bits per heavy atom. The molecule has 0 radical (unpaired) electrons. The van der Waals surface area contributed by atoms with Gasteiger partial charge in [0.25, 0.3) is 0 Å². The Hall–Kier alpha value is -0.820. The second kappa shape index (κ2) is 9.18. The first-order valence-electron chi connectivity index (χ1n) is 5.81. The molecule has 0 fully saturated rings. The minimum absolute atomic E-state index is 0. The van der Waals surface area contributed by atoms with E-state index in [9.17, 15) is 4.79 Å². The van der Waals surface area contributed by atoms with Gasteiger partial charge in [0.1, 0.15) is 11.8 Å². The van der Waals surface area contributed by atoms with Crippen molar-refractivity contribution in [1.29, 1.82) is 0 Å². The highest BCUT2D eigenvalue weighted by Crippen LogP contribution is 2.24. The summed E-state index contributed by atoms with van der Waals surface area (Å²) in [5.41, 5.74) is 6.64. The third-order valence-corrected chi connectivity index (χ3v) is 3.18. The van der Waals surface area contributed by atoms with E-state index >= 15 is 0 Å². The summed E-state index contributed by atoms with van der Waals surface area (Å²) in [5, 5.41) is 0. The molecule has 0 aromatic heterocycles. The zero-order chi connectivity index (χ0) is 14.4. The topological polar surface area (TPSA) is 64.8 Å². The maximum atomic E-state index is 12.0. The standard InChI is InChI=1S/C13H19BrN2O3.ClH/c1-16(13(17)11(15)8-18-2)7-9-6-10(14)4-5-12(9)19-3;/h4-6,11H,7-8,15H2,1-3H3;1H. The molecule has 1 amide bonds. The fraction of sp³-hybridized carbons (Fsp3) is 0.462. The zero-order valence-electron chi connectivity index (χ0n) is 11.8. The van der Waals surface area contributed by atoms with Crippen molar-refractivity contribution in [2.45, 2.75) is 12.6 Å². The van der Waals surface area contributed by atoms with Crippen LogP contribution in [0.25, 0.3) is 0 Å². The molecule has 0 heterocycles. The largest absolute Gasteiger partial charge is 0.496 e. The molecule has 0 bridgehead atoms. The Labute approximate surface area is 133 Å². The predicted octanol–water partition coefficient (Wildman–Crippen LogP) is 1.81. The predicted molar refractivity (Wildman–Crippen MR) is 84.3 cm³/mol.